The van der Waals surface area contributed by atoms with Gasteiger partial charge in [0.05, 0.1) is 10.7 Å². The zero-order valence-electron chi connectivity index (χ0n) is 11.1. The fraction of sp³-hybridized carbons (Fsp3) is 0.0667. The second-order valence-corrected chi connectivity index (χ2v) is 6.11. The zero-order valence-corrected chi connectivity index (χ0v) is 14.3. The summed E-state index contributed by atoms with van der Waals surface area (Å²) < 4.78 is 1.34. The summed E-state index contributed by atoms with van der Waals surface area (Å²) in [5, 5.41) is 13.8. The average molecular weight is 412 g/mol. The Morgan fingerprint density at radius 3 is 2.71 bits per heavy atom. The van der Waals surface area contributed by atoms with Crippen LogP contribution >= 0.6 is 31.9 Å². The fourth-order valence-corrected chi connectivity index (χ4v) is 2.99. The van der Waals surface area contributed by atoms with Crippen LogP contribution in [0.2, 0.25) is 0 Å². The van der Waals surface area contributed by atoms with Gasteiger partial charge in [-0.1, -0.05) is 34.1 Å². The van der Waals surface area contributed by atoms with E-state index in [1.807, 2.05) is 19.1 Å². The third-order valence-electron chi connectivity index (χ3n) is 2.82. The van der Waals surface area contributed by atoms with Crippen LogP contribution in [0.5, 0.6) is 5.75 Å². The lowest BCUT2D eigenvalue weighted by Crippen LogP contribution is -2.18. The molecule has 0 aromatic heterocycles. The maximum atomic E-state index is 12.0. The number of carbonyl (C=O) groups is 1. The summed E-state index contributed by atoms with van der Waals surface area (Å²) in [5.41, 5.74) is 4.37. The van der Waals surface area contributed by atoms with Crippen molar-refractivity contribution >= 4 is 44.0 Å². The van der Waals surface area contributed by atoms with E-state index in [0.717, 1.165) is 10.0 Å². The van der Waals surface area contributed by atoms with Gasteiger partial charge in [0.2, 0.25) is 0 Å². The summed E-state index contributed by atoms with van der Waals surface area (Å²) in [7, 11) is 0. The molecule has 0 saturated carbocycles. The minimum Gasteiger partial charge on any atom is -0.506 e. The molecule has 0 saturated heterocycles. The highest BCUT2D eigenvalue weighted by atomic mass is 79.9. The van der Waals surface area contributed by atoms with Gasteiger partial charge in [-0.2, -0.15) is 5.10 Å². The molecule has 21 heavy (non-hydrogen) atoms. The number of nitrogens with one attached hydrogen (secondary N) is 1. The molecule has 2 aromatic rings. The minimum atomic E-state index is -0.294. The predicted octanol–water partition coefficient (Wildman–Crippen LogP) is 3.99. The van der Waals surface area contributed by atoms with Crippen molar-refractivity contribution in [3.63, 3.8) is 0 Å². The van der Waals surface area contributed by atoms with E-state index < -0.39 is 0 Å². The van der Waals surface area contributed by atoms with Gasteiger partial charge in [0, 0.05) is 15.6 Å². The first-order chi connectivity index (χ1) is 9.99. The van der Waals surface area contributed by atoms with Gasteiger partial charge in [-0.15, -0.1) is 0 Å². The molecule has 1 amide bonds. The van der Waals surface area contributed by atoms with Crippen LogP contribution in [0.1, 0.15) is 21.5 Å². The lowest BCUT2D eigenvalue weighted by molar-refractivity contribution is 0.0954. The predicted molar refractivity (Wildman–Crippen MR) is 89.7 cm³/mol. The number of benzene rings is 2. The second-order valence-electron chi connectivity index (χ2n) is 4.34. The van der Waals surface area contributed by atoms with Crippen LogP contribution in [0.4, 0.5) is 0 Å². The third-order valence-corrected chi connectivity index (χ3v) is 3.88. The molecule has 0 heterocycles. The maximum absolute atomic E-state index is 12.0. The molecule has 0 spiro atoms. The number of nitrogens with zero attached hydrogens (tertiary/aromatic N) is 1. The van der Waals surface area contributed by atoms with Gasteiger partial charge in [0.1, 0.15) is 5.75 Å². The van der Waals surface area contributed by atoms with Gasteiger partial charge < -0.3 is 5.11 Å². The molecule has 0 radical (unpaired) electrons. The molecule has 0 unspecified atom stereocenters. The highest BCUT2D eigenvalue weighted by molar-refractivity contribution is 9.11. The Hall–Kier alpha value is -1.66. The first kappa shape index (κ1) is 15.7. The number of carbonyl (C=O) groups excluding carboxylic acids is 1. The standard InChI is InChI=1S/C15H12Br2N2O2/c1-9-4-2-3-5-12(9)15(21)19-18-8-10-6-11(16)7-13(17)14(10)20/h2-8,20H,1H3,(H,19,21)/b18-8+. The van der Waals surface area contributed by atoms with E-state index in [1.54, 1.807) is 24.3 Å². The molecular weight excluding hydrogens is 400 g/mol. The molecule has 2 rings (SSSR count). The summed E-state index contributed by atoms with van der Waals surface area (Å²) in [6, 6.07) is 10.7. The lowest BCUT2D eigenvalue weighted by Gasteiger charge is -2.04. The summed E-state index contributed by atoms with van der Waals surface area (Å²) >= 11 is 6.56. The SMILES string of the molecule is Cc1ccccc1C(=O)N/N=C/c1cc(Br)cc(Br)c1O. The Labute approximate surface area is 139 Å². The van der Waals surface area contributed by atoms with Crippen LogP contribution in [0.25, 0.3) is 0 Å². The van der Waals surface area contributed by atoms with Gasteiger partial charge in [-0.25, -0.2) is 5.43 Å². The molecule has 4 nitrogen and oxygen atoms in total. The third kappa shape index (κ3) is 3.92. The molecule has 0 aliphatic carbocycles. The summed E-state index contributed by atoms with van der Waals surface area (Å²) in [6.07, 6.45) is 1.39. The smallest absolute Gasteiger partial charge is 0.271 e. The molecular formula is C15H12Br2N2O2. The number of rotatable bonds is 3. The number of amides is 1. The monoisotopic (exact) mass is 410 g/mol. The fourth-order valence-electron chi connectivity index (χ4n) is 1.73. The number of phenolic OH excluding ortho intramolecular Hbond substituents is 1. The van der Waals surface area contributed by atoms with E-state index in [0.29, 0.717) is 15.6 Å². The molecule has 0 fully saturated rings. The van der Waals surface area contributed by atoms with Gasteiger partial charge in [-0.05, 0) is 46.6 Å². The average Bonchev–Trinajstić information content (AvgIpc) is 2.44. The van der Waals surface area contributed by atoms with Crippen molar-refractivity contribution < 1.29 is 9.90 Å². The van der Waals surface area contributed by atoms with Crippen LogP contribution in [-0.4, -0.2) is 17.2 Å². The van der Waals surface area contributed by atoms with Gasteiger partial charge in [0.25, 0.3) is 5.91 Å². The molecule has 0 aliphatic rings. The van der Waals surface area contributed by atoms with E-state index in [1.165, 1.54) is 6.21 Å². The highest BCUT2D eigenvalue weighted by Crippen LogP contribution is 2.30. The Balaban J connectivity index is 2.13. The van der Waals surface area contributed by atoms with Crippen LogP contribution in [0, 0.1) is 6.92 Å². The molecule has 0 bridgehead atoms. The van der Waals surface area contributed by atoms with Gasteiger partial charge in [0.15, 0.2) is 0 Å². The van der Waals surface area contributed by atoms with E-state index in [-0.39, 0.29) is 11.7 Å². The number of hydrazone groups is 1. The first-order valence-electron chi connectivity index (χ1n) is 6.06. The lowest BCUT2D eigenvalue weighted by atomic mass is 10.1. The van der Waals surface area contributed by atoms with Crippen LogP contribution in [-0.2, 0) is 0 Å². The van der Waals surface area contributed by atoms with E-state index >= 15 is 0 Å². The molecule has 0 aliphatic heterocycles. The van der Waals surface area contributed by atoms with Gasteiger partial charge >= 0.3 is 0 Å². The Bertz CT molecular complexity index is 715. The van der Waals surface area contributed by atoms with Crippen molar-refractivity contribution in [1.29, 1.82) is 0 Å². The van der Waals surface area contributed by atoms with Crippen molar-refractivity contribution in [2.45, 2.75) is 6.92 Å². The number of hydrogen-bond acceptors (Lipinski definition) is 3. The second kappa shape index (κ2) is 6.87. The Morgan fingerprint density at radius 1 is 1.29 bits per heavy atom. The number of aryl methyl sites for hydroxylation is 1. The summed E-state index contributed by atoms with van der Waals surface area (Å²) in [6.45, 7) is 1.86. The van der Waals surface area contributed by atoms with E-state index in [9.17, 15) is 9.90 Å². The largest absolute Gasteiger partial charge is 0.506 e. The van der Waals surface area contributed by atoms with Crippen molar-refractivity contribution in [3.05, 3.63) is 62.0 Å². The molecule has 2 aromatic carbocycles. The Kier molecular flexibility index (Phi) is 5.14. The molecule has 6 heteroatoms. The topological polar surface area (TPSA) is 61.7 Å². The van der Waals surface area contributed by atoms with Crippen molar-refractivity contribution in [3.8, 4) is 5.75 Å². The molecule has 2 N–H and O–H groups in total. The number of hydrogen-bond donors (Lipinski definition) is 2. The van der Waals surface area contributed by atoms with E-state index in [4.69, 9.17) is 0 Å². The number of phenols is 1. The van der Waals surface area contributed by atoms with Crippen LogP contribution < -0.4 is 5.43 Å². The normalized spacial score (nSPS) is 10.8. The quantitative estimate of drug-likeness (QED) is 0.592. The zero-order chi connectivity index (χ0) is 15.4. The van der Waals surface area contributed by atoms with Crippen molar-refractivity contribution in [2.75, 3.05) is 0 Å². The minimum absolute atomic E-state index is 0.0621. The number of aromatic hydroxyl groups is 1. The number of halogens is 2. The molecule has 0 atom stereocenters. The Morgan fingerprint density at radius 2 is 2.00 bits per heavy atom. The van der Waals surface area contributed by atoms with Crippen LogP contribution in [0.3, 0.4) is 0 Å². The molecule has 108 valence electrons. The maximum Gasteiger partial charge on any atom is 0.271 e. The summed E-state index contributed by atoms with van der Waals surface area (Å²) in [5.74, 6) is -0.231. The first-order valence-corrected chi connectivity index (χ1v) is 7.64. The van der Waals surface area contributed by atoms with Gasteiger partial charge in [-0.3, -0.25) is 4.79 Å². The summed E-state index contributed by atoms with van der Waals surface area (Å²) in [4.78, 5) is 12.0. The van der Waals surface area contributed by atoms with E-state index in [2.05, 4.69) is 42.4 Å². The van der Waals surface area contributed by atoms with Crippen molar-refractivity contribution in [1.82, 2.24) is 5.43 Å². The van der Waals surface area contributed by atoms with Crippen molar-refractivity contribution in [2.24, 2.45) is 5.10 Å². The highest BCUT2D eigenvalue weighted by Gasteiger charge is 2.08. The van der Waals surface area contributed by atoms with Crippen LogP contribution in [0.15, 0.2) is 50.4 Å².